The molecule has 0 aliphatic rings. The van der Waals surface area contributed by atoms with Crippen LogP contribution in [0.15, 0.2) is 0 Å². The third kappa shape index (κ3) is 24.3. The van der Waals surface area contributed by atoms with Gasteiger partial charge in [0.2, 0.25) is 0 Å². The van der Waals surface area contributed by atoms with Crippen LogP contribution in [-0.2, 0) is 18.6 Å². The van der Waals surface area contributed by atoms with E-state index >= 15 is 0 Å². The van der Waals surface area contributed by atoms with Gasteiger partial charge in [-0.25, -0.2) is 0 Å². The Morgan fingerprint density at radius 1 is 0.844 bits per heavy atom. The molecule has 0 amide bonds. The van der Waals surface area contributed by atoms with Crippen LogP contribution in [0, 0.1) is 0 Å². The molecule has 0 rings (SSSR count). The molecule has 1 N–H and O–H groups in total. The van der Waals surface area contributed by atoms with Crippen LogP contribution in [-0.4, -0.2) is 69.2 Å². The molecule has 1 unspecified atom stereocenters. The van der Waals surface area contributed by atoms with E-state index in [1.54, 1.807) is 0 Å². The molecule has 0 aromatic carbocycles. The van der Waals surface area contributed by atoms with E-state index in [2.05, 4.69) is 6.92 Å². The SMILES string of the molecule is CCCCCCCCCCCCCCCC(=O)OC[C@@H](O)COP([O-])OCC[N+](C)(C)C. The number of esters is 1. The number of unbranched alkanes of at least 4 members (excludes halogenated alkanes) is 12. The quantitative estimate of drug-likeness (QED) is 0.0989. The van der Waals surface area contributed by atoms with Gasteiger partial charge in [-0.1, -0.05) is 84.0 Å². The van der Waals surface area contributed by atoms with E-state index < -0.39 is 14.7 Å². The molecule has 2 atom stereocenters. The van der Waals surface area contributed by atoms with Crippen LogP contribution >= 0.6 is 8.60 Å². The van der Waals surface area contributed by atoms with E-state index in [1.165, 1.54) is 64.2 Å². The molecule has 0 bridgehead atoms. The van der Waals surface area contributed by atoms with Gasteiger partial charge in [-0.2, -0.15) is 0 Å². The Bertz CT molecular complexity index is 433. The van der Waals surface area contributed by atoms with Gasteiger partial charge in [-0.05, 0) is 6.42 Å². The van der Waals surface area contributed by atoms with E-state index in [0.717, 1.165) is 19.3 Å². The number of hydrogen-bond acceptors (Lipinski definition) is 6. The van der Waals surface area contributed by atoms with Crippen LogP contribution in [0.2, 0.25) is 0 Å². The Labute approximate surface area is 198 Å². The van der Waals surface area contributed by atoms with Crippen molar-refractivity contribution in [3.63, 3.8) is 0 Å². The van der Waals surface area contributed by atoms with Gasteiger partial charge in [-0.15, -0.1) is 0 Å². The molecule has 0 spiro atoms. The second-order valence-electron chi connectivity index (χ2n) is 9.70. The van der Waals surface area contributed by atoms with Gasteiger partial charge < -0.3 is 28.3 Å². The lowest BCUT2D eigenvalue weighted by atomic mass is 10.0. The lowest BCUT2D eigenvalue weighted by molar-refractivity contribution is -0.870. The van der Waals surface area contributed by atoms with Gasteiger partial charge in [0.05, 0.1) is 36.4 Å². The molecule has 192 valence electrons. The zero-order chi connectivity index (χ0) is 24.1. The molecule has 0 aromatic rings. The molecular weight excluding hydrogens is 429 g/mol. The van der Waals surface area contributed by atoms with E-state index in [9.17, 15) is 14.8 Å². The van der Waals surface area contributed by atoms with Crippen molar-refractivity contribution in [3.8, 4) is 0 Å². The van der Waals surface area contributed by atoms with Crippen molar-refractivity contribution in [1.82, 2.24) is 0 Å². The summed E-state index contributed by atoms with van der Waals surface area (Å²) in [4.78, 5) is 23.4. The summed E-state index contributed by atoms with van der Waals surface area (Å²) in [6.45, 7) is 2.92. The van der Waals surface area contributed by atoms with Crippen molar-refractivity contribution in [2.45, 2.75) is 103 Å². The first kappa shape index (κ1) is 31.7. The van der Waals surface area contributed by atoms with Crippen molar-refractivity contribution >= 4 is 14.6 Å². The van der Waals surface area contributed by atoms with Crippen LogP contribution in [0.3, 0.4) is 0 Å². The number of carbonyl (C=O) groups is 1. The highest BCUT2D eigenvalue weighted by molar-refractivity contribution is 7.39. The molecule has 0 fully saturated rings. The molecule has 32 heavy (non-hydrogen) atoms. The zero-order valence-corrected chi connectivity index (χ0v) is 22.1. The molecule has 0 heterocycles. The summed E-state index contributed by atoms with van der Waals surface area (Å²) in [5.41, 5.74) is 0. The highest BCUT2D eigenvalue weighted by Crippen LogP contribution is 2.27. The normalized spacial score (nSPS) is 13.8. The van der Waals surface area contributed by atoms with Gasteiger partial charge in [-0.3, -0.25) is 4.79 Å². The molecule has 0 saturated carbocycles. The minimum Gasteiger partial charge on any atom is -0.786 e. The van der Waals surface area contributed by atoms with Crippen molar-refractivity contribution < 1.29 is 33.1 Å². The monoisotopic (exact) mass is 479 g/mol. The summed E-state index contributed by atoms with van der Waals surface area (Å²) in [6, 6.07) is 0. The molecule has 0 aliphatic heterocycles. The number of likely N-dealkylation sites (N-methyl/N-ethyl adjacent to an activating group) is 1. The minimum absolute atomic E-state index is 0.153. The summed E-state index contributed by atoms with van der Waals surface area (Å²) in [7, 11) is 3.75. The van der Waals surface area contributed by atoms with Gasteiger partial charge >= 0.3 is 5.97 Å². The Morgan fingerprint density at radius 3 is 1.84 bits per heavy atom. The van der Waals surface area contributed by atoms with Crippen LogP contribution in [0.5, 0.6) is 0 Å². The third-order valence-electron chi connectivity index (χ3n) is 5.25. The second kappa shape index (κ2) is 21.2. The van der Waals surface area contributed by atoms with Crippen molar-refractivity contribution in [1.29, 1.82) is 0 Å². The van der Waals surface area contributed by atoms with E-state index in [-0.39, 0.29) is 19.2 Å². The maximum absolute atomic E-state index is 11.8. The molecule has 8 heteroatoms. The predicted molar refractivity (Wildman–Crippen MR) is 129 cm³/mol. The molecule has 0 aliphatic carbocycles. The Kier molecular flexibility index (Phi) is 21.0. The fraction of sp³-hybridized carbons (Fsp3) is 0.958. The fourth-order valence-electron chi connectivity index (χ4n) is 3.17. The number of carbonyl (C=O) groups excluding carboxylic acids is 1. The largest absolute Gasteiger partial charge is 0.786 e. The maximum atomic E-state index is 11.8. The minimum atomic E-state index is -2.28. The van der Waals surface area contributed by atoms with Crippen molar-refractivity contribution in [3.05, 3.63) is 0 Å². The molecule has 0 saturated heterocycles. The molecular formula is C24H50NO6P. The highest BCUT2D eigenvalue weighted by atomic mass is 31.2. The zero-order valence-electron chi connectivity index (χ0n) is 21.2. The number of hydrogen-bond donors (Lipinski definition) is 1. The Morgan fingerprint density at radius 2 is 1.34 bits per heavy atom. The average molecular weight is 480 g/mol. The Balaban J connectivity index is 3.44. The molecule has 7 nitrogen and oxygen atoms in total. The van der Waals surface area contributed by atoms with Crippen molar-refractivity contribution in [2.24, 2.45) is 0 Å². The highest BCUT2D eigenvalue weighted by Gasteiger charge is 2.11. The summed E-state index contributed by atoms with van der Waals surface area (Å²) >= 11 is 0. The number of nitrogens with zero attached hydrogens (tertiary/aromatic N) is 1. The predicted octanol–water partition coefficient (Wildman–Crippen LogP) is 4.70. The van der Waals surface area contributed by atoms with Crippen LogP contribution < -0.4 is 4.89 Å². The summed E-state index contributed by atoms with van der Waals surface area (Å²) < 4.78 is 15.8. The van der Waals surface area contributed by atoms with Crippen molar-refractivity contribution in [2.75, 3.05) is 47.5 Å². The fourth-order valence-corrected chi connectivity index (χ4v) is 3.77. The second-order valence-corrected chi connectivity index (χ2v) is 10.7. The number of aliphatic hydroxyl groups excluding tert-OH is 1. The first-order valence-electron chi connectivity index (χ1n) is 12.6. The van der Waals surface area contributed by atoms with Crippen LogP contribution in [0.4, 0.5) is 0 Å². The van der Waals surface area contributed by atoms with Crippen LogP contribution in [0.25, 0.3) is 0 Å². The van der Waals surface area contributed by atoms with Gasteiger partial charge in [0.1, 0.15) is 25.9 Å². The van der Waals surface area contributed by atoms with E-state index in [4.69, 9.17) is 13.8 Å². The van der Waals surface area contributed by atoms with E-state index in [0.29, 0.717) is 24.1 Å². The lowest BCUT2D eigenvalue weighted by Gasteiger charge is -2.27. The van der Waals surface area contributed by atoms with Gasteiger partial charge in [0.15, 0.2) is 0 Å². The van der Waals surface area contributed by atoms with Gasteiger partial charge in [0, 0.05) is 6.42 Å². The first-order chi connectivity index (χ1) is 15.2. The Hall–Kier alpha value is -0.300. The smallest absolute Gasteiger partial charge is 0.305 e. The first-order valence-corrected chi connectivity index (χ1v) is 13.7. The summed E-state index contributed by atoms with van der Waals surface area (Å²) in [5.74, 6) is -0.310. The topological polar surface area (TPSA) is 88.1 Å². The summed E-state index contributed by atoms with van der Waals surface area (Å²) in [6.07, 6.45) is 15.8. The van der Waals surface area contributed by atoms with Crippen LogP contribution in [0.1, 0.15) is 96.8 Å². The number of quaternary nitrogens is 1. The number of aliphatic hydroxyl groups is 1. The van der Waals surface area contributed by atoms with E-state index in [1.807, 2.05) is 21.1 Å². The summed E-state index contributed by atoms with van der Waals surface area (Å²) in [5, 5.41) is 9.80. The number of rotatable bonds is 23. The lowest BCUT2D eigenvalue weighted by Crippen LogP contribution is -2.37. The maximum Gasteiger partial charge on any atom is 0.305 e. The standard InChI is InChI=1S/C24H50NO6P/c1-5-6-7-8-9-10-11-12-13-14-15-16-17-18-24(27)29-21-23(26)22-31-32(28)30-20-19-25(2,3)4/h23,26H,5-22H2,1-4H3/t23-,32?/m1/s1. The number of ether oxygens (including phenoxy) is 1. The van der Waals surface area contributed by atoms with Gasteiger partial charge in [0.25, 0.3) is 0 Å². The average Bonchev–Trinajstić information content (AvgIpc) is 2.73. The molecule has 0 radical (unpaired) electrons. The third-order valence-corrected chi connectivity index (χ3v) is 6.01. The molecule has 0 aromatic heterocycles.